The molecule has 0 saturated carbocycles. The normalized spacial score (nSPS) is 10.4. The van der Waals surface area contributed by atoms with Crippen molar-refractivity contribution in [1.82, 2.24) is 9.97 Å². The lowest BCUT2D eigenvalue weighted by atomic mass is 10.2. The number of nitrogen functional groups attached to an aromatic ring is 1. The summed E-state index contributed by atoms with van der Waals surface area (Å²) < 4.78 is 0. The van der Waals surface area contributed by atoms with Crippen molar-refractivity contribution in [2.45, 2.75) is 13.3 Å². The Bertz CT molecular complexity index is 529. The molecule has 0 aliphatic heterocycles. The topological polar surface area (TPSA) is 89.1 Å². The summed E-state index contributed by atoms with van der Waals surface area (Å²) >= 11 is 1.60. The van der Waals surface area contributed by atoms with Crippen molar-refractivity contribution in [1.29, 1.82) is 0 Å². The molecule has 0 amide bonds. The molecule has 2 rings (SSSR count). The number of hydrogen-bond donors (Lipinski definition) is 2. The van der Waals surface area contributed by atoms with Crippen molar-refractivity contribution >= 4 is 23.1 Å². The molecule has 0 radical (unpaired) electrons. The van der Waals surface area contributed by atoms with Gasteiger partial charge in [0.25, 0.3) is 0 Å². The molecule has 0 unspecified atom stereocenters. The number of carboxylic acids is 1. The Morgan fingerprint density at radius 1 is 1.53 bits per heavy atom. The van der Waals surface area contributed by atoms with Gasteiger partial charge >= 0.3 is 5.97 Å². The highest BCUT2D eigenvalue weighted by Gasteiger charge is 2.15. The Balaban J connectivity index is 2.35. The number of thiophene rings is 1. The van der Waals surface area contributed by atoms with Crippen LogP contribution >= 0.6 is 11.3 Å². The fourth-order valence-corrected chi connectivity index (χ4v) is 2.27. The molecule has 0 fully saturated rings. The largest absolute Gasteiger partial charge is 0.477 e. The summed E-state index contributed by atoms with van der Waals surface area (Å²) in [7, 11) is 0. The second-order valence-corrected chi connectivity index (χ2v) is 4.58. The molecule has 0 spiro atoms. The second kappa shape index (κ2) is 4.50. The van der Waals surface area contributed by atoms with E-state index in [9.17, 15) is 4.79 Å². The van der Waals surface area contributed by atoms with Crippen LogP contribution in [-0.4, -0.2) is 21.0 Å². The number of nitrogens with zero attached hydrogens (tertiary/aromatic N) is 2. The highest BCUT2D eigenvalue weighted by atomic mass is 32.1. The zero-order chi connectivity index (χ0) is 12.4. The Morgan fingerprint density at radius 2 is 2.29 bits per heavy atom. The van der Waals surface area contributed by atoms with Crippen LogP contribution in [-0.2, 0) is 6.42 Å². The first-order valence-corrected chi connectivity index (χ1v) is 5.84. The van der Waals surface area contributed by atoms with Gasteiger partial charge in [0.2, 0.25) is 0 Å². The van der Waals surface area contributed by atoms with Crippen LogP contribution in [0.3, 0.4) is 0 Å². The molecule has 2 aromatic heterocycles. The first-order valence-electron chi connectivity index (χ1n) is 4.96. The maximum absolute atomic E-state index is 10.9. The molecule has 5 nitrogen and oxygen atoms in total. The van der Waals surface area contributed by atoms with E-state index in [-0.39, 0.29) is 11.4 Å². The van der Waals surface area contributed by atoms with Gasteiger partial charge in [-0.15, -0.1) is 11.3 Å². The summed E-state index contributed by atoms with van der Waals surface area (Å²) in [5.41, 5.74) is 6.01. The van der Waals surface area contributed by atoms with E-state index in [0.29, 0.717) is 17.9 Å². The van der Waals surface area contributed by atoms with Crippen molar-refractivity contribution in [3.05, 3.63) is 39.5 Å². The van der Waals surface area contributed by atoms with Crippen LogP contribution in [0.25, 0.3) is 0 Å². The lowest BCUT2D eigenvalue weighted by Gasteiger charge is -2.06. The lowest BCUT2D eigenvalue weighted by molar-refractivity contribution is 0.0696. The van der Waals surface area contributed by atoms with Crippen LogP contribution in [0.4, 0.5) is 5.82 Å². The van der Waals surface area contributed by atoms with Crippen molar-refractivity contribution in [2.24, 2.45) is 0 Å². The van der Waals surface area contributed by atoms with E-state index in [1.807, 2.05) is 17.5 Å². The Labute approximate surface area is 102 Å². The monoisotopic (exact) mass is 249 g/mol. The van der Waals surface area contributed by atoms with Crippen molar-refractivity contribution in [2.75, 3.05) is 5.73 Å². The molecule has 17 heavy (non-hydrogen) atoms. The van der Waals surface area contributed by atoms with Crippen LogP contribution < -0.4 is 5.73 Å². The number of aromatic carboxylic acids is 1. The zero-order valence-corrected chi connectivity index (χ0v) is 9.99. The molecule has 2 aromatic rings. The fraction of sp³-hybridized carbons (Fsp3) is 0.182. The minimum atomic E-state index is -1.09. The Morgan fingerprint density at radius 3 is 2.82 bits per heavy atom. The minimum Gasteiger partial charge on any atom is -0.477 e. The smallest absolute Gasteiger partial charge is 0.341 e. The molecule has 0 saturated heterocycles. The first-order chi connectivity index (χ1) is 8.08. The molecule has 0 aliphatic carbocycles. The third-order valence-corrected chi connectivity index (χ3v) is 3.17. The highest BCUT2D eigenvalue weighted by Crippen LogP contribution is 2.17. The number of aryl methyl sites for hydroxylation is 1. The van der Waals surface area contributed by atoms with Gasteiger partial charge in [0.15, 0.2) is 0 Å². The molecule has 2 heterocycles. The molecule has 88 valence electrons. The molecule has 0 bridgehead atoms. The van der Waals surface area contributed by atoms with Crippen LogP contribution in [0.15, 0.2) is 17.5 Å². The summed E-state index contributed by atoms with van der Waals surface area (Å²) in [6.45, 7) is 1.62. The van der Waals surface area contributed by atoms with Crippen molar-refractivity contribution in [3.63, 3.8) is 0 Å². The van der Waals surface area contributed by atoms with E-state index >= 15 is 0 Å². The van der Waals surface area contributed by atoms with E-state index in [4.69, 9.17) is 10.8 Å². The number of carboxylic acid groups (broad SMARTS) is 1. The van der Waals surface area contributed by atoms with E-state index in [1.54, 1.807) is 18.3 Å². The van der Waals surface area contributed by atoms with Gasteiger partial charge in [0.05, 0.1) is 5.69 Å². The first kappa shape index (κ1) is 11.5. The minimum absolute atomic E-state index is 0.0140. The summed E-state index contributed by atoms with van der Waals surface area (Å²) in [6.07, 6.45) is 0.572. The maximum Gasteiger partial charge on any atom is 0.341 e. The zero-order valence-electron chi connectivity index (χ0n) is 9.17. The van der Waals surface area contributed by atoms with Crippen molar-refractivity contribution in [3.8, 4) is 0 Å². The predicted octanol–water partition coefficient (Wildman–Crippen LogP) is 1.72. The predicted molar refractivity (Wildman–Crippen MR) is 65.3 cm³/mol. The number of rotatable bonds is 3. The third-order valence-electron chi connectivity index (χ3n) is 2.29. The van der Waals surface area contributed by atoms with E-state index in [1.165, 1.54) is 0 Å². The van der Waals surface area contributed by atoms with E-state index in [2.05, 4.69) is 9.97 Å². The van der Waals surface area contributed by atoms with Crippen LogP contribution in [0.1, 0.15) is 26.8 Å². The number of nitrogens with two attached hydrogens (primary N) is 1. The Kier molecular flexibility index (Phi) is 3.06. The molecular weight excluding hydrogens is 238 g/mol. The molecule has 0 atom stereocenters. The van der Waals surface area contributed by atoms with Gasteiger partial charge in [-0.3, -0.25) is 0 Å². The SMILES string of the molecule is Cc1nc(Cc2cccs2)nc(N)c1C(=O)O. The fourth-order valence-electron chi connectivity index (χ4n) is 1.57. The average molecular weight is 249 g/mol. The standard InChI is InChI=1S/C11H11N3O2S/c1-6-9(11(15)16)10(12)14-8(13-6)5-7-3-2-4-17-7/h2-4H,5H2,1H3,(H,15,16)(H2,12,13,14). The van der Waals surface area contributed by atoms with Gasteiger partial charge in [0, 0.05) is 11.3 Å². The summed E-state index contributed by atoms with van der Waals surface area (Å²) in [5.74, 6) is -0.522. The second-order valence-electron chi connectivity index (χ2n) is 3.55. The molecule has 3 N–H and O–H groups in total. The van der Waals surface area contributed by atoms with E-state index in [0.717, 1.165) is 4.88 Å². The van der Waals surface area contributed by atoms with Gasteiger partial charge < -0.3 is 10.8 Å². The van der Waals surface area contributed by atoms with Crippen LogP contribution in [0.5, 0.6) is 0 Å². The molecule has 0 aliphatic rings. The quantitative estimate of drug-likeness (QED) is 0.864. The van der Waals surface area contributed by atoms with Gasteiger partial charge in [-0.1, -0.05) is 6.07 Å². The molecule has 6 heteroatoms. The van der Waals surface area contributed by atoms with Crippen LogP contribution in [0.2, 0.25) is 0 Å². The van der Waals surface area contributed by atoms with Crippen molar-refractivity contribution < 1.29 is 9.90 Å². The highest BCUT2D eigenvalue weighted by molar-refractivity contribution is 7.09. The van der Waals surface area contributed by atoms with Gasteiger partial charge in [-0.25, -0.2) is 14.8 Å². The number of hydrogen-bond acceptors (Lipinski definition) is 5. The maximum atomic E-state index is 10.9. The number of aromatic nitrogens is 2. The van der Waals surface area contributed by atoms with Gasteiger partial charge in [0.1, 0.15) is 17.2 Å². The number of carbonyl (C=O) groups is 1. The van der Waals surface area contributed by atoms with Gasteiger partial charge in [-0.2, -0.15) is 0 Å². The van der Waals surface area contributed by atoms with E-state index < -0.39 is 5.97 Å². The summed E-state index contributed by atoms with van der Waals surface area (Å²) in [6, 6.07) is 3.92. The molecule has 0 aromatic carbocycles. The third kappa shape index (κ3) is 2.42. The Hall–Kier alpha value is -1.95. The van der Waals surface area contributed by atoms with Crippen LogP contribution in [0, 0.1) is 6.92 Å². The molecular formula is C11H11N3O2S. The number of anilines is 1. The lowest BCUT2D eigenvalue weighted by Crippen LogP contribution is -2.11. The van der Waals surface area contributed by atoms with Gasteiger partial charge in [-0.05, 0) is 18.4 Å². The average Bonchev–Trinajstić information content (AvgIpc) is 2.68. The summed E-state index contributed by atoms with van der Waals surface area (Å²) in [5, 5.41) is 10.9. The summed E-state index contributed by atoms with van der Waals surface area (Å²) in [4.78, 5) is 20.2.